The van der Waals surface area contributed by atoms with E-state index in [0.29, 0.717) is 5.92 Å². The van der Waals surface area contributed by atoms with Gasteiger partial charge in [0.25, 0.3) is 0 Å². The molecule has 0 aliphatic heterocycles. The summed E-state index contributed by atoms with van der Waals surface area (Å²) < 4.78 is 0. The number of oxime groups is 1. The Hall–Kier alpha value is -0.530. The minimum atomic E-state index is 0.714. The summed E-state index contributed by atoms with van der Waals surface area (Å²) >= 11 is 0. The van der Waals surface area contributed by atoms with E-state index in [2.05, 4.69) is 25.9 Å². The maximum Gasteiger partial charge on any atom is 0.0573 e. The molecule has 138 valence electrons. The Balaban J connectivity index is 3.47. The van der Waals surface area contributed by atoms with Crippen LogP contribution < -0.4 is 0 Å². The van der Waals surface area contributed by atoms with Gasteiger partial charge in [-0.3, -0.25) is 0 Å². The molecule has 0 spiro atoms. The monoisotopic (exact) mass is 325 g/mol. The van der Waals surface area contributed by atoms with Crippen LogP contribution in [0.2, 0.25) is 0 Å². The maximum absolute atomic E-state index is 9.05. The predicted octanol–water partition coefficient (Wildman–Crippen LogP) is 7.73. The molecule has 0 heterocycles. The van der Waals surface area contributed by atoms with Crippen LogP contribution in [-0.4, -0.2) is 10.9 Å². The molecule has 23 heavy (non-hydrogen) atoms. The molecular formula is C21H43NO. The number of hydrogen-bond acceptors (Lipinski definition) is 2. The quantitative estimate of drug-likeness (QED) is 0.126. The third-order valence-electron chi connectivity index (χ3n) is 5.00. The fourth-order valence-electron chi connectivity index (χ4n) is 3.36. The molecule has 2 nitrogen and oxygen atoms in total. The zero-order chi connectivity index (χ0) is 17.2. The molecule has 0 radical (unpaired) electrons. The summed E-state index contributed by atoms with van der Waals surface area (Å²) in [6, 6.07) is 0. The lowest BCUT2D eigenvalue weighted by atomic mass is 9.91. The van der Waals surface area contributed by atoms with E-state index in [0.717, 1.165) is 25.0 Å². The second kappa shape index (κ2) is 17.8. The fraction of sp³-hybridized carbons (Fsp3) is 0.952. The van der Waals surface area contributed by atoms with E-state index in [1.807, 2.05) is 0 Å². The predicted molar refractivity (Wildman–Crippen MR) is 104 cm³/mol. The Morgan fingerprint density at radius 2 is 1.26 bits per heavy atom. The van der Waals surface area contributed by atoms with Crippen LogP contribution in [0.15, 0.2) is 5.16 Å². The van der Waals surface area contributed by atoms with E-state index in [1.165, 1.54) is 83.5 Å². The topological polar surface area (TPSA) is 32.6 Å². The van der Waals surface area contributed by atoms with Gasteiger partial charge in [-0.05, 0) is 18.8 Å². The Morgan fingerprint density at radius 1 is 0.739 bits per heavy atom. The van der Waals surface area contributed by atoms with Gasteiger partial charge in [0.05, 0.1) is 5.71 Å². The molecule has 0 aromatic carbocycles. The SMILES string of the molecule is CCCCCCCCCCCCCC(CC)CC(CCC)=NO. The van der Waals surface area contributed by atoms with Crippen molar-refractivity contribution < 1.29 is 5.21 Å². The van der Waals surface area contributed by atoms with E-state index in [-0.39, 0.29) is 0 Å². The van der Waals surface area contributed by atoms with Crippen molar-refractivity contribution in [2.24, 2.45) is 11.1 Å². The van der Waals surface area contributed by atoms with Gasteiger partial charge in [0.2, 0.25) is 0 Å². The highest BCUT2D eigenvalue weighted by Crippen LogP contribution is 2.20. The molecule has 0 bridgehead atoms. The Morgan fingerprint density at radius 3 is 1.70 bits per heavy atom. The summed E-state index contributed by atoms with van der Waals surface area (Å²) in [6.45, 7) is 6.70. The van der Waals surface area contributed by atoms with Crippen molar-refractivity contribution in [2.45, 2.75) is 124 Å². The Kier molecular flexibility index (Phi) is 17.4. The molecule has 0 aliphatic carbocycles. The smallest absolute Gasteiger partial charge is 0.0573 e. The minimum absolute atomic E-state index is 0.714. The highest BCUT2D eigenvalue weighted by atomic mass is 16.4. The van der Waals surface area contributed by atoms with Gasteiger partial charge in [-0.2, -0.15) is 0 Å². The van der Waals surface area contributed by atoms with E-state index < -0.39 is 0 Å². The zero-order valence-electron chi connectivity index (χ0n) is 16.3. The van der Waals surface area contributed by atoms with Crippen molar-refractivity contribution in [3.05, 3.63) is 0 Å². The third-order valence-corrected chi connectivity index (χ3v) is 5.00. The molecule has 0 fully saturated rings. The van der Waals surface area contributed by atoms with Crippen molar-refractivity contribution in [1.29, 1.82) is 0 Å². The molecular weight excluding hydrogens is 282 g/mol. The van der Waals surface area contributed by atoms with Crippen molar-refractivity contribution in [3.63, 3.8) is 0 Å². The summed E-state index contributed by atoms with van der Waals surface area (Å²) in [5.74, 6) is 0.714. The van der Waals surface area contributed by atoms with Crippen molar-refractivity contribution in [1.82, 2.24) is 0 Å². The van der Waals surface area contributed by atoms with Crippen LogP contribution in [0, 0.1) is 5.92 Å². The van der Waals surface area contributed by atoms with Gasteiger partial charge in [0.15, 0.2) is 0 Å². The zero-order valence-corrected chi connectivity index (χ0v) is 16.3. The summed E-state index contributed by atoms with van der Waals surface area (Å²) in [6.07, 6.45) is 21.0. The average Bonchev–Trinajstić information content (AvgIpc) is 2.57. The summed E-state index contributed by atoms with van der Waals surface area (Å²) in [5, 5.41) is 12.5. The first-order valence-corrected chi connectivity index (χ1v) is 10.5. The van der Waals surface area contributed by atoms with E-state index in [9.17, 15) is 0 Å². The lowest BCUT2D eigenvalue weighted by molar-refractivity contribution is 0.313. The standard InChI is InChI=1S/C21H43NO/c1-4-7-8-9-10-11-12-13-14-15-16-18-20(6-3)19-21(22-23)17-5-2/h20,23H,4-19H2,1-3H3. The molecule has 2 heteroatoms. The van der Waals surface area contributed by atoms with Gasteiger partial charge in [0.1, 0.15) is 0 Å². The van der Waals surface area contributed by atoms with Crippen LogP contribution in [0.25, 0.3) is 0 Å². The first kappa shape index (κ1) is 22.5. The summed E-state index contributed by atoms with van der Waals surface area (Å²) in [7, 11) is 0. The fourth-order valence-corrected chi connectivity index (χ4v) is 3.36. The van der Waals surface area contributed by atoms with Gasteiger partial charge in [-0.25, -0.2) is 0 Å². The van der Waals surface area contributed by atoms with Gasteiger partial charge < -0.3 is 5.21 Å². The lowest BCUT2D eigenvalue weighted by Gasteiger charge is -2.15. The number of nitrogens with zero attached hydrogens (tertiary/aromatic N) is 1. The van der Waals surface area contributed by atoms with E-state index in [4.69, 9.17) is 5.21 Å². The molecule has 0 rings (SSSR count). The van der Waals surface area contributed by atoms with Gasteiger partial charge in [-0.15, -0.1) is 0 Å². The van der Waals surface area contributed by atoms with Crippen molar-refractivity contribution in [3.8, 4) is 0 Å². The number of hydrogen-bond donors (Lipinski definition) is 1. The van der Waals surface area contributed by atoms with Gasteiger partial charge in [0, 0.05) is 0 Å². The normalized spacial score (nSPS) is 13.4. The van der Waals surface area contributed by atoms with Gasteiger partial charge >= 0.3 is 0 Å². The highest BCUT2D eigenvalue weighted by molar-refractivity contribution is 5.84. The van der Waals surface area contributed by atoms with Crippen LogP contribution in [0.4, 0.5) is 0 Å². The first-order valence-electron chi connectivity index (χ1n) is 10.5. The second-order valence-electron chi connectivity index (χ2n) is 7.22. The first-order chi connectivity index (χ1) is 11.3. The molecule has 0 saturated carbocycles. The average molecular weight is 326 g/mol. The number of unbranched alkanes of at least 4 members (excludes halogenated alkanes) is 10. The van der Waals surface area contributed by atoms with Crippen molar-refractivity contribution in [2.75, 3.05) is 0 Å². The minimum Gasteiger partial charge on any atom is -0.411 e. The molecule has 0 amide bonds. The van der Waals surface area contributed by atoms with Crippen LogP contribution in [0.3, 0.4) is 0 Å². The molecule has 0 aromatic heterocycles. The molecule has 0 saturated heterocycles. The van der Waals surface area contributed by atoms with E-state index in [1.54, 1.807) is 0 Å². The lowest BCUT2D eigenvalue weighted by Crippen LogP contribution is -2.08. The van der Waals surface area contributed by atoms with Crippen LogP contribution >= 0.6 is 0 Å². The second-order valence-corrected chi connectivity index (χ2v) is 7.22. The Labute approximate surface area is 146 Å². The molecule has 1 unspecified atom stereocenters. The van der Waals surface area contributed by atoms with E-state index >= 15 is 0 Å². The third kappa shape index (κ3) is 14.8. The maximum atomic E-state index is 9.05. The number of rotatable bonds is 17. The molecule has 0 aliphatic rings. The van der Waals surface area contributed by atoms with Gasteiger partial charge in [-0.1, -0.05) is 116 Å². The Bertz CT molecular complexity index is 263. The van der Waals surface area contributed by atoms with Crippen LogP contribution in [0.1, 0.15) is 124 Å². The summed E-state index contributed by atoms with van der Waals surface area (Å²) in [5.41, 5.74) is 1.00. The molecule has 1 N–H and O–H groups in total. The van der Waals surface area contributed by atoms with Crippen LogP contribution in [0.5, 0.6) is 0 Å². The largest absolute Gasteiger partial charge is 0.411 e. The summed E-state index contributed by atoms with van der Waals surface area (Å²) in [4.78, 5) is 0. The highest BCUT2D eigenvalue weighted by Gasteiger charge is 2.10. The van der Waals surface area contributed by atoms with Crippen molar-refractivity contribution >= 4 is 5.71 Å². The molecule has 0 aromatic rings. The molecule has 1 atom stereocenters. The van der Waals surface area contributed by atoms with Crippen LogP contribution in [-0.2, 0) is 0 Å².